The van der Waals surface area contributed by atoms with Crippen LogP contribution in [0.3, 0.4) is 0 Å². The number of nitrogens with one attached hydrogen (secondary N) is 1. The first kappa shape index (κ1) is 14.3. The van der Waals surface area contributed by atoms with Gasteiger partial charge in [-0.2, -0.15) is 0 Å². The predicted molar refractivity (Wildman–Crippen MR) is 76.3 cm³/mol. The van der Waals surface area contributed by atoms with Crippen molar-refractivity contribution in [2.45, 2.75) is 13.8 Å². The summed E-state index contributed by atoms with van der Waals surface area (Å²) in [6, 6.07) is 7.80. The Morgan fingerprint density at radius 2 is 2.05 bits per heavy atom. The second kappa shape index (κ2) is 6.38. The van der Waals surface area contributed by atoms with E-state index in [1.54, 1.807) is 6.92 Å². The van der Waals surface area contributed by atoms with Crippen molar-refractivity contribution in [3.63, 3.8) is 0 Å². The molecular formula is C14H15N2O3S-. The first-order valence-electron chi connectivity index (χ1n) is 6.18. The van der Waals surface area contributed by atoms with E-state index in [1.165, 1.54) is 5.56 Å². The molecule has 0 aliphatic heterocycles. The molecule has 6 heteroatoms. The molecule has 0 unspecified atom stereocenters. The van der Waals surface area contributed by atoms with Gasteiger partial charge in [-0.1, -0.05) is 29.0 Å². The minimum Gasteiger partial charge on any atom is -0.544 e. The van der Waals surface area contributed by atoms with Gasteiger partial charge >= 0.3 is 0 Å². The monoisotopic (exact) mass is 291 g/mol. The third-order valence-corrected chi connectivity index (χ3v) is 3.75. The molecule has 0 aliphatic rings. The maximum absolute atomic E-state index is 10.8. The van der Waals surface area contributed by atoms with Gasteiger partial charge in [-0.05, 0) is 26.0 Å². The molecular weight excluding hydrogens is 276 g/mol. The van der Waals surface area contributed by atoms with Crippen molar-refractivity contribution in [3.8, 4) is 5.75 Å². The Morgan fingerprint density at radius 1 is 1.35 bits per heavy atom. The standard InChI is InChI=1S/C14H16N2O3S/c1-9-3-5-11(6-4-9)19-8-7-15-14-16-10(2)12(20-14)13(17)18/h3-6H,7-8H2,1-2H3,(H,15,16)(H,17,18)/p-1. The van der Waals surface area contributed by atoms with Crippen LogP contribution in [0.4, 0.5) is 5.13 Å². The van der Waals surface area contributed by atoms with Crippen LogP contribution in [0.25, 0.3) is 0 Å². The lowest BCUT2D eigenvalue weighted by atomic mass is 10.2. The van der Waals surface area contributed by atoms with Gasteiger partial charge in [0.15, 0.2) is 5.13 Å². The number of ether oxygens (including phenoxy) is 1. The van der Waals surface area contributed by atoms with E-state index in [1.807, 2.05) is 31.2 Å². The van der Waals surface area contributed by atoms with E-state index >= 15 is 0 Å². The van der Waals surface area contributed by atoms with Gasteiger partial charge in [-0.15, -0.1) is 0 Å². The minimum atomic E-state index is -1.19. The van der Waals surface area contributed by atoms with Gasteiger partial charge < -0.3 is 20.0 Å². The van der Waals surface area contributed by atoms with Crippen LogP contribution >= 0.6 is 11.3 Å². The van der Waals surface area contributed by atoms with E-state index in [4.69, 9.17) is 4.74 Å². The van der Waals surface area contributed by atoms with Crippen molar-refractivity contribution in [2.24, 2.45) is 0 Å². The number of carboxylic acid groups (broad SMARTS) is 1. The lowest BCUT2D eigenvalue weighted by Crippen LogP contribution is -2.21. The number of aromatic carboxylic acids is 1. The maximum Gasteiger partial charge on any atom is 0.183 e. The number of carbonyl (C=O) groups excluding carboxylic acids is 1. The Hall–Kier alpha value is -2.08. The molecule has 0 fully saturated rings. The van der Waals surface area contributed by atoms with Gasteiger partial charge in [0.2, 0.25) is 0 Å². The lowest BCUT2D eigenvalue weighted by molar-refractivity contribution is -0.254. The Bertz CT molecular complexity index is 593. The average Bonchev–Trinajstić information content (AvgIpc) is 2.78. The van der Waals surface area contributed by atoms with E-state index in [-0.39, 0.29) is 4.88 Å². The summed E-state index contributed by atoms with van der Waals surface area (Å²) in [5.41, 5.74) is 1.65. The number of benzene rings is 1. The fourth-order valence-electron chi connectivity index (χ4n) is 1.62. The molecule has 20 heavy (non-hydrogen) atoms. The Morgan fingerprint density at radius 3 is 2.65 bits per heavy atom. The Balaban J connectivity index is 1.80. The van der Waals surface area contributed by atoms with E-state index < -0.39 is 5.97 Å². The van der Waals surface area contributed by atoms with Gasteiger partial charge in [0, 0.05) is 0 Å². The SMILES string of the molecule is Cc1ccc(OCCNc2nc(C)c(C(=O)[O-])s2)cc1. The highest BCUT2D eigenvalue weighted by Gasteiger charge is 2.07. The van der Waals surface area contributed by atoms with Gasteiger partial charge in [0.05, 0.1) is 23.1 Å². The smallest absolute Gasteiger partial charge is 0.183 e. The number of aryl methyl sites for hydroxylation is 2. The number of hydrogen-bond acceptors (Lipinski definition) is 6. The molecule has 5 nitrogen and oxygen atoms in total. The summed E-state index contributed by atoms with van der Waals surface area (Å²) in [6.45, 7) is 4.69. The lowest BCUT2D eigenvalue weighted by Gasteiger charge is -2.06. The highest BCUT2D eigenvalue weighted by molar-refractivity contribution is 7.17. The van der Waals surface area contributed by atoms with Gasteiger partial charge in [-0.3, -0.25) is 0 Å². The van der Waals surface area contributed by atoms with Crippen molar-refractivity contribution in [1.29, 1.82) is 0 Å². The number of nitrogens with zero attached hydrogens (tertiary/aromatic N) is 1. The van der Waals surface area contributed by atoms with E-state index in [0.717, 1.165) is 17.1 Å². The average molecular weight is 291 g/mol. The molecule has 1 aromatic heterocycles. The minimum absolute atomic E-state index is 0.159. The van der Waals surface area contributed by atoms with Crippen molar-refractivity contribution in [1.82, 2.24) is 4.98 Å². The number of thiazole rings is 1. The molecule has 1 N–H and O–H groups in total. The molecule has 1 heterocycles. The number of anilines is 1. The number of carboxylic acids is 1. The van der Waals surface area contributed by atoms with E-state index in [0.29, 0.717) is 24.0 Å². The third-order valence-electron chi connectivity index (χ3n) is 2.65. The first-order chi connectivity index (χ1) is 9.56. The summed E-state index contributed by atoms with van der Waals surface area (Å²) in [6.07, 6.45) is 0. The second-order valence-electron chi connectivity index (χ2n) is 4.31. The molecule has 1 aromatic carbocycles. The quantitative estimate of drug-likeness (QED) is 0.819. The molecule has 0 radical (unpaired) electrons. The van der Waals surface area contributed by atoms with Crippen molar-refractivity contribution in [2.75, 3.05) is 18.5 Å². The van der Waals surface area contributed by atoms with Gasteiger partial charge in [0.25, 0.3) is 0 Å². The third kappa shape index (κ3) is 3.71. The van der Waals surface area contributed by atoms with Crippen LogP contribution in [0.5, 0.6) is 5.75 Å². The number of rotatable bonds is 6. The van der Waals surface area contributed by atoms with Crippen LogP contribution in [0, 0.1) is 13.8 Å². The van der Waals surface area contributed by atoms with Crippen LogP contribution in [-0.2, 0) is 0 Å². The van der Waals surface area contributed by atoms with E-state index in [9.17, 15) is 9.90 Å². The zero-order valence-electron chi connectivity index (χ0n) is 11.3. The fourth-order valence-corrected chi connectivity index (χ4v) is 2.45. The molecule has 2 rings (SSSR count). The molecule has 0 saturated heterocycles. The van der Waals surface area contributed by atoms with Crippen molar-refractivity contribution < 1.29 is 14.6 Å². The highest BCUT2D eigenvalue weighted by Crippen LogP contribution is 2.21. The summed E-state index contributed by atoms with van der Waals surface area (Å²) in [7, 11) is 0. The highest BCUT2D eigenvalue weighted by atomic mass is 32.1. The molecule has 0 spiro atoms. The topological polar surface area (TPSA) is 74.3 Å². The van der Waals surface area contributed by atoms with Crippen molar-refractivity contribution >= 4 is 22.4 Å². The van der Waals surface area contributed by atoms with Crippen LogP contribution in [0.1, 0.15) is 20.9 Å². The molecule has 106 valence electrons. The predicted octanol–water partition coefficient (Wildman–Crippen LogP) is 1.61. The summed E-state index contributed by atoms with van der Waals surface area (Å²) in [5, 5.41) is 14.4. The van der Waals surface area contributed by atoms with Gasteiger partial charge in [0.1, 0.15) is 12.4 Å². The summed E-state index contributed by atoms with van der Waals surface area (Å²) >= 11 is 1.08. The van der Waals surface area contributed by atoms with Crippen LogP contribution in [0.2, 0.25) is 0 Å². The van der Waals surface area contributed by atoms with Crippen LogP contribution < -0.4 is 15.2 Å². The molecule has 0 bridgehead atoms. The number of carbonyl (C=O) groups is 1. The zero-order chi connectivity index (χ0) is 14.5. The molecule has 0 amide bonds. The van der Waals surface area contributed by atoms with E-state index in [2.05, 4.69) is 10.3 Å². The first-order valence-corrected chi connectivity index (χ1v) is 7.00. The second-order valence-corrected chi connectivity index (χ2v) is 5.31. The largest absolute Gasteiger partial charge is 0.544 e. The van der Waals surface area contributed by atoms with Crippen LogP contribution in [0.15, 0.2) is 24.3 Å². The number of hydrogen-bond donors (Lipinski definition) is 1. The number of aromatic nitrogens is 1. The summed E-state index contributed by atoms with van der Waals surface area (Å²) in [4.78, 5) is 15.1. The van der Waals surface area contributed by atoms with Gasteiger partial charge in [-0.25, -0.2) is 4.98 Å². The molecule has 0 saturated carbocycles. The zero-order valence-corrected chi connectivity index (χ0v) is 12.1. The molecule has 0 atom stereocenters. The maximum atomic E-state index is 10.8. The fraction of sp³-hybridized carbons (Fsp3) is 0.286. The molecule has 2 aromatic rings. The van der Waals surface area contributed by atoms with Crippen molar-refractivity contribution in [3.05, 3.63) is 40.4 Å². The summed E-state index contributed by atoms with van der Waals surface area (Å²) < 4.78 is 5.55. The normalized spacial score (nSPS) is 10.3. The summed E-state index contributed by atoms with van der Waals surface area (Å²) in [5.74, 6) is -0.382. The van der Waals surface area contributed by atoms with Crippen LogP contribution in [-0.4, -0.2) is 24.1 Å². The Labute approximate surface area is 121 Å². The molecule has 0 aliphatic carbocycles. The Kier molecular flexibility index (Phi) is 4.57.